The second kappa shape index (κ2) is 4.02. The maximum atomic E-state index is 12.9. The molecule has 1 atom stereocenters. The lowest BCUT2D eigenvalue weighted by atomic mass is 9.72. The maximum absolute atomic E-state index is 12.9. The second-order valence-corrected chi connectivity index (χ2v) is 5.37. The van der Waals surface area contributed by atoms with Gasteiger partial charge in [0.15, 0.2) is 0 Å². The number of aliphatic hydroxyl groups is 1. The van der Waals surface area contributed by atoms with Crippen molar-refractivity contribution < 1.29 is 18.3 Å². The summed E-state index contributed by atoms with van der Waals surface area (Å²) in [5.41, 5.74) is -3.09. The molecule has 0 saturated heterocycles. The molecule has 1 rings (SSSR count). The van der Waals surface area contributed by atoms with Crippen molar-refractivity contribution >= 4 is 0 Å². The van der Waals surface area contributed by atoms with E-state index in [1.165, 1.54) is 25.1 Å². The predicted molar refractivity (Wildman–Crippen MR) is 60.5 cm³/mol. The fraction of sp³-hybridized carbons (Fsp3) is 0.538. The van der Waals surface area contributed by atoms with Crippen molar-refractivity contribution in [2.24, 2.45) is 5.41 Å². The van der Waals surface area contributed by atoms with Gasteiger partial charge in [-0.25, -0.2) is 0 Å². The third-order valence-electron chi connectivity index (χ3n) is 3.22. The van der Waals surface area contributed by atoms with Crippen molar-refractivity contribution in [1.82, 2.24) is 0 Å². The summed E-state index contributed by atoms with van der Waals surface area (Å²) in [5, 5.41) is 10.4. The SMILES string of the molecule is CC(C)(C)C(C)(O)c1ccccc1C(F)(F)F. The van der Waals surface area contributed by atoms with Crippen LogP contribution in [0, 0.1) is 5.41 Å². The molecule has 1 aromatic carbocycles. The van der Waals surface area contributed by atoms with E-state index in [0.29, 0.717) is 0 Å². The van der Waals surface area contributed by atoms with Gasteiger partial charge >= 0.3 is 6.18 Å². The van der Waals surface area contributed by atoms with Gasteiger partial charge in [0.2, 0.25) is 0 Å². The van der Waals surface area contributed by atoms with E-state index in [1.807, 2.05) is 0 Å². The van der Waals surface area contributed by atoms with E-state index in [2.05, 4.69) is 0 Å². The van der Waals surface area contributed by atoms with Crippen LogP contribution in [0.1, 0.15) is 38.8 Å². The molecule has 1 N–H and O–H groups in total. The third-order valence-corrected chi connectivity index (χ3v) is 3.22. The Kier molecular flexibility index (Phi) is 3.32. The smallest absolute Gasteiger partial charge is 0.385 e. The number of halogens is 3. The monoisotopic (exact) mass is 246 g/mol. The summed E-state index contributed by atoms with van der Waals surface area (Å²) in [4.78, 5) is 0. The number of rotatable bonds is 1. The van der Waals surface area contributed by atoms with Crippen LogP contribution in [0.3, 0.4) is 0 Å². The van der Waals surface area contributed by atoms with E-state index in [0.717, 1.165) is 6.07 Å². The Morgan fingerprint density at radius 1 is 0.882 bits per heavy atom. The van der Waals surface area contributed by atoms with Crippen molar-refractivity contribution in [2.45, 2.75) is 39.5 Å². The summed E-state index contributed by atoms with van der Waals surface area (Å²) < 4.78 is 38.6. The van der Waals surface area contributed by atoms with E-state index >= 15 is 0 Å². The molecule has 96 valence electrons. The van der Waals surface area contributed by atoms with Crippen LogP contribution in [0.5, 0.6) is 0 Å². The van der Waals surface area contributed by atoms with Gasteiger partial charge in [-0.05, 0) is 24.0 Å². The minimum absolute atomic E-state index is 0.0833. The fourth-order valence-corrected chi connectivity index (χ4v) is 1.56. The van der Waals surface area contributed by atoms with Crippen LogP contribution < -0.4 is 0 Å². The van der Waals surface area contributed by atoms with Crippen molar-refractivity contribution in [3.63, 3.8) is 0 Å². The summed E-state index contributed by atoms with van der Waals surface area (Å²) in [6.07, 6.45) is -4.45. The first-order valence-corrected chi connectivity index (χ1v) is 5.37. The maximum Gasteiger partial charge on any atom is 0.416 e. The molecule has 0 spiro atoms. The number of benzene rings is 1. The van der Waals surface area contributed by atoms with Crippen LogP contribution in [0.15, 0.2) is 24.3 Å². The van der Waals surface area contributed by atoms with Gasteiger partial charge in [0.1, 0.15) is 0 Å². The summed E-state index contributed by atoms with van der Waals surface area (Å²) in [5.74, 6) is 0. The minimum atomic E-state index is -4.45. The molecule has 0 aliphatic rings. The molecule has 1 aromatic rings. The molecule has 0 bridgehead atoms. The van der Waals surface area contributed by atoms with Crippen LogP contribution in [0.4, 0.5) is 13.2 Å². The molecule has 1 nitrogen and oxygen atoms in total. The molecule has 0 aliphatic carbocycles. The van der Waals surface area contributed by atoms with Gasteiger partial charge in [0, 0.05) is 0 Å². The summed E-state index contributed by atoms with van der Waals surface area (Å²) in [7, 11) is 0. The highest BCUT2D eigenvalue weighted by molar-refractivity contribution is 5.35. The van der Waals surface area contributed by atoms with Gasteiger partial charge in [-0.2, -0.15) is 13.2 Å². The van der Waals surface area contributed by atoms with Gasteiger partial charge in [0.05, 0.1) is 11.2 Å². The number of hydrogen-bond acceptors (Lipinski definition) is 1. The molecule has 17 heavy (non-hydrogen) atoms. The normalized spacial score (nSPS) is 16.7. The van der Waals surface area contributed by atoms with Crippen LogP contribution in [-0.4, -0.2) is 5.11 Å². The average molecular weight is 246 g/mol. The molecular formula is C13H17F3O. The zero-order chi connectivity index (χ0) is 13.5. The Morgan fingerprint density at radius 3 is 1.65 bits per heavy atom. The Morgan fingerprint density at radius 2 is 1.29 bits per heavy atom. The van der Waals surface area contributed by atoms with Crippen molar-refractivity contribution in [3.05, 3.63) is 35.4 Å². The van der Waals surface area contributed by atoms with Gasteiger partial charge in [-0.1, -0.05) is 39.0 Å². The molecule has 0 aliphatic heterocycles. The lowest BCUT2D eigenvalue weighted by Gasteiger charge is -2.39. The van der Waals surface area contributed by atoms with Crippen molar-refractivity contribution in [1.29, 1.82) is 0 Å². The van der Waals surface area contributed by atoms with Crippen molar-refractivity contribution in [3.8, 4) is 0 Å². The molecule has 4 heteroatoms. The number of alkyl halides is 3. The minimum Gasteiger partial charge on any atom is -0.385 e. The molecule has 0 amide bonds. The van der Waals surface area contributed by atoms with E-state index in [-0.39, 0.29) is 5.56 Å². The first kappa shape index (κ1) is 14.0. The second-order valence-electron chi connectivity index (χ2n) is 5.37. The Hall–Kier alpha value is -1.03. The molecule has 0 fully saturated rings. The molecule has 0 radical (unpaired) electrons. The quantitative estimate of drug-likeness (QED) is 0.795. The zero-order valence-electron chi connectivity index (χ0n) is 10.4. The van der Waals surface area contributed by atoms with Crippen LogP contribution >= 0.6 is 0 Å². The lowest BCUT2D eigenvalue weighted by Crippen LogP contribution is -2.38. The first-order valence-electron chi connectivity index (χ1n) is 5.37. The highest BCUT2D eigenvalue weighted by atomic mass is 19.4. The van der Waals surface area contributed by atoms with E-state index in [1.54, 1.807) is 20.8 Å². The zero-order valence-corrected chi connectivity index (χ0v) is 10.4. The van der Waals surface area contributed by atoms with Gasteiger partial charge in [0.25, 0.3) is 0 Å². The average Bonchev–Trinajstić information content (AvgIpc) is 2.14. The molecule has 0 aromatic heterocycles. The summed E-state index contributed by atoms with van der Waals surface area (Å²) in [6.45, 7) is 6.54. The molecule has 1 unspecified atom stereocenters. The van der Waals surface area contributed by atoms with E-state index < -0.39 is 22.8 Å². The largest absolute Gasteiger partial charge is 0.416 e. The van der Waals surface area contributed by atoms with Gasteiger partial charge in [-0.3, -0.25) is 0 Å². The van der Waals surface area contributed by atoms with Gasteiger partial charge < -0.3 is 5.11 Å². The van der Waals surface area contributed by atoms with Crippen LogP contribution in [0.2, 0.25) is 0 Å². The molecule has 0 heterocycles. The summed E-state index contributed by atoms with van der Waals surface area (Å²) in [6, 6.07) is 5.15. The highest BCUT2D eigenvalue weighted by Crippen LogP contribution is 2.44. The van der Waals surface area contributed by atoms with E-state index in [9.17, 15) is 18.3 Å². The Labute approximate surface area is 99.3 Å². The Bertz CT molecular complexity index is 400. The first-order chi connectivity index (χ1) is 7.48. The standard InChI is InChI=1S/C13H17F3O/c1-11(2,3)12(4,17)9-7-5-6-8-10(9)13(14,15)16/h5-8,17H,1-4H3. The van der Waals surface area contributed by atoms with Crippen LogP contribution in [-0.2, 0) is 11.8 Å². The Balaban J connectivity index is 3.43. The lowest BCUT2D eigenvalue weighted by molar-refractivity contribution is -0.143. The number of hydrogen-bond donors (Lipinski definition) is 1. The predicted octanol–water partition coefficient (Wildman–Crippen LogP) is 3.96. The molecule has 0 saturated carbocycles. The van der Waals surface area contributed by atoms with Crippen molar-refractivity contribution in [2.75, 3.05) is 0 Å². The van der Waals surface area contributed by atoms with Gasteiger partial charge in [-0.15, -0.1) is 0 Å². The van der Waals surface area contributed by atoms with Crippen LogP contribution in [0.25, 0.3) is 0 Å². The molecular weight excluding hydrogens is 229 g/mol. The fourth-order valence-electron chi connectivity index (χ4n) is 1.56. The van der Waals surface area contributed by atoms with E-state index in [4.69, 9.17) is 0 Å². The third kappa shape index (κ3) is 2.63. The topological polar surface area (TPSA) is 20.2 Å². The highest BCUT2D eigenvalue weighted by Gasteiger charge is 2.43. The summed E-state index contributed by atoms with van der Waals surface area (Å²) >= 11 is 0.